The zero-order chi connectivity index (χ0) is 12.4. The standard InChI is InChI=1S/C14H13N3O/c18-10-14-16-7-8-17(14)9-11-5-6-15-13-4-2-1-3-12(11)13/h1-8,18H,9-10H2. The summed E-state index contributed by atoms with van der Waals surface area (Å²) in [4.78, 5) is 8.45. The van der Waals surface area contributed by atoms with Crippen molar-refractivity contribution in [2.75, 3.05) is 0 Å². The summed E-state index contributed by atoms with van der Waals surface area (Å²) in [5.74, 6) is 0.677. The van der Waals surface area contributed by atoms with Crippen LogP contribution < -0.4 is 0 Å². The van der Waals surface area contributed by atoms with Crippen LogP contribution in [0.2, 0.25) is 0 Å². The van der Waals surface area contributed by atoms with Gasteiger partial charge in [0, 0.05) is 30.5 Å². The number of nitrogens with zero attached hydrogens (tertiary/aromatic N) is 3. The number of para-hydroxylation sites is 1. The summed E-state index contributed by atoms with van der Waals surface area (Å²) >= 11 is 0. The highest BCUT2D eigenvalue weighted by molar-refractivity contribution is 5.81. The Labute approximate surface area is 105 Å². The second-order valence-corrected chi connectivity index (χ2v) is 4.12. The number of aliphatic hydroxyl groups excluding tert-OH is 1. The third-order valence-corrected chi connectivity index (χ3v) is 3.02. The van der Waals surface area contributed by atoms with Gasteiger partial charge in [0.15, 0.2) is 0 Å². The normalized spacial score (nSPS) is 10.9. The van der Waals surface area contributed by atoms with Crippen LogP contribution >= 0.6 is 0 Å². The molecule has 3 aromatic rings. The highest BCUT2D eigenvalue weighted by atomic mass is 16.3. The molecule has 1 aromatic carbocycles. The lowest BCUT2D eigenvalue weighted by Crippen LogP contribution is -2.04. The van der Waals surface area contributed by atoms with E-state index < -0.39 is 0 Å². The molecule has 4 heteroatoms. The number of aliphatic hydroxyl groups is 1. The first kappa shape index (κ1) is 10.9. The lowest BCUT2D eigenvalue weighted by atomic mass is 10.1. The summed E-state index contributed by atoms with van der Waals surface area (Å²) in [5.41, 5.74) is 2.16. The number of fused-ring (bicyclic) bond motifs is 1. The smallest absolute Gasteiger partial charge is 0.134 e. The van der Waals surface area contributed by atoms with Crippen molar-refractivity contribution in [1.82, 2.24) is 14.5 Å². The monoisotopic (exact) mass is 239 g/mol. The van der Waals surface area contributed by atoms with Crippen molar-refractivity contribution in [2.45, 2.75) is 13.2 Å². The van der Waals surface area contributed by atoms with Gasteiger partial charge in [-0.2, -0.15) is 0 Å². The van der Waals surface area contributed by atoms with Crippen LogP contribution in [0.4, 0.5) is 0 Å². The molecule has 0 fully saturated rings. The van der Waals surface area contributed by atoms with Crippen LogP contribution in [0.3, 0.4) is 0 Å². The zero-order valence-corrected chi connectivity index (χ0v) is 9.82. The van der Waals surface area contributed by atoms with Crippen molar-refractivity contribution < 1.29 is 5.11 Å². The zero-order valence-electron chi connectivity index (χ0n) is 9.82. The van der Waals surface area contributed by atoms with Crippen LogP contribution in [-0.2, 0) is 13.2 Å². The lowest BCUT2D eigenvalue weighted by molar-refractivity contribution is 0.266. The van der Waals surface area contributed by atoms with Crippen LogP contribution in [0, 0.1) is 0 Å². The molecule has 0 aliphatic rings. The fraction of sp³-hybridized carbons (Fsp3) is 0.143. The molecule has 0 unspecified atom stereocenters. The molecule has 2 heterocycles. The van der Waals surface area contributed by atoms with E-state index in [1.165, 1.54) is 5.56 Å². The van der Waals surface area contributed by atoms with E-state index in [1.807, 2.05) is 41.2 Å². The van der Waals surface area contributed by atoms with Gasteiger partial charge in [-0.1, -0.05) is 18.2 Å². The summed E-state index contributed by atoms with van der Waals surface area (Å²) < 4.78 is 1.95. The number of rotatable bonds is 3. The van der Waals surface area contributed by atoms with Gasteiger partial charge in [-0.25, -0.2) is 4.98 Å². The van der Waals surface area contributed by atoms with Gasteiger partial charge >= 0.3 is 0 Å². The first-order valence-corrected chi connectivity index (χ1v) is 5.82. The molecule has 0 aliphatic heterocycles. The van der Waals surface area contributed by atoms with E-state index in [4.69, 9.17) is 0 Å². The molecule has 4 nitrogen and oxygen atoms in total. The first-order valence-electron chi connectivity index (χ1n) is 5.82. The van der Waals surface area contributed by atoms with Crippen molar-refractivity contribution >= 4 is 10.9 Å². The maximum Gasteiger partial charge on any atom is 0.134 e. The predicted octanol–water partition coefficient (Wildman–Crippen LogP) is 1.97. The maximum absolute atomic E-state index is 9.20. The third kappa shape index (κ3) is 1.87. The molecule has 3 rings (SSSR count). The molecule has 0 saturated carbocycles. The van der Waals surface area contributed by atoms with Crippen molar-refractivity contribution in [3.05, 3.63) is 60.3 Å². The number of aromatic nitrogens is 3. The molecule has 0 radical (unpaired) electrons. The molecule has 1 N–H and O–H groups in total. The molecule has 0 bridgehead atoms. The topological polar surface area (TPSA) is 50.9 Å². The summed E-state index contributed by atoms with van der Waals surface area (Å²) in [7, 11) is 0. The van der Waals surface area contributed by atoms with Crippen LogP contribution in [0.1, 0.15) is 11.4 Å². The van der Waals surface area contributed by atoms with E-state index in [0.717, 1.165) is 10.9 Å². The van der Waals surface area contributed by atoms with Crippen molar-refractivity contribution in [2.24, 2.45) is 0 Å². The number of imidazole rings is 1. The van der Waals surface area contributed by atoms with Crippen molar-refractivity contribution in [3.63, 3.8) is 0 Å². The summed E-state index contributed by atoms with van der Waals surface area (Å²) in [6.07, 6.45) is 5.39. The first-order chi connectivity index (χ1) is 8.88. The molecular weight excluding hydrogens is 226 g/mol. The van der Waals surface area contributed by atoms with Crippen LogP contribution in [0.15, 0.2) is 48.9 Å². The highest BCUT2D eigenvalue weighted by Crippen LogP contribution is 2.17. The Hall–Kier alpha value is -2.20. The SMILES string of the molecule is OCc1nccn1Cc1ccnc2ccccc12. The van der Waals surface area contributed by atoms with Crippen molar-refractivity contribution in [1.29, 1.82) is 0 Å². The molecule has 0 amide bonds. The van der Waals surface area contributed by atoms with E-state index in [0.29, 0.717) is 12.4 Å². The number of benzene rings is 1. The minimum atomic E-state index is -0.0456. The van der Waals surface area contributed by atoms with Gasteiger partial charge in [-0.3, -0.25) is 4.98 Å². The van der Waals surface area contributed by atoms with Gasteiger partial charge in [0.1, 0.15) is 12.4 Å². The molecule has 0 saturated heterocycles. The molecule has 90 valence electrons. The molecular formula is C14H13N3O. The average Bonchev–Trinajstić information content (AvgIpc) is 2.86. The summed E-state index contributed by atoms with van der Waals surface area (Å²) in [5, 5.41) is 10.3. The van der Waals surface area contributed by atoms with Crippen molar-refractivity contribution in [3.8, 4) is 0 Å². The van der Waals surface area contributed by atoms with Gasteiger partial charge in [-0.15, -0.1) is 0 Å². The Morgan fingerprint density at radius 3 is 2.83 bits per heavy atom. The highest BCUT2D eigenvalue weighted by Gasteiger charge is 2.05. The lowest BCUT2D eigenvalue weighted by Gasteiger charge is -2.08. The van der Waals surface area contributed by atoms with Gasteiger partial charge in [0.25, 0.3) is 0 Å². The minimum Gasteiger partial charge on any atom is -0.388 e. The fourth-order valence-electron chi connectivity index (χ4n) is 2.11. The Morgan fingerprint density at radius 2 is 1.94 bits per heavy atom. The second kappa shape index (κ2) is 4.58. The second-order valence-electron chi connectivity index (χ2n) is 4.12. The maximum atomic E-state index is 9.20. The largest absolute Gasteiger partial charge is 0.388 e. The number of pyridine rings is 1. The Bertz CT molecular complexity index is 670. The van der Waals surface area contributed by atoms with E-state index in [9.17, 15) is 5.11 Å². The molecule has 0 aliphatic carbocycles. The van der Waals surface area contributed by atoms with E-state index in [2.05, 4.69) is 16.0 Å². The Kier molecular flexibility index (Phi) is 2.78. The van der Waals surface area contributed by atoms with Crippen LogP contribution in [0.5, 0.6) is 0 Å². The summed E-state index contributed by atoms with van der Waals surface area (Å²) in [6, 6.07) is 10.1. The van der Waals surface area contributed by atoms with Crippen LogP contribution in [0.25, 0.3) is 10.9 Å². The fourth-order valence-corrected chi connectivity index (χ4v) is 2.11. The summed E-state index contributed by atoms with van der Waals surface area (Å²) in [6.45, 7) is 0.648. The van der Waals surface area contributed by atoms with Gasteiger partial charge < -0.3 is 9.67 Å². The Morgan fingerprint density at radius 1 is 1.06 bits per heavy atom. The number of hydrogen-bond acceptors (Lipinski definition) is 3. The Balaban J connectivity index is 2.05. The van der Waals surface area contributed by atoms with E-state index in [1.54, 1.807) is 6.20 Å². The molecule has 18 heavy (non-hydrogen) atoms. The average molecular weight is 239 g/mol. The number of hydrogen-bond donors (Lipinski definition) is 1. The van der Waals surface area contributed by atoms with E-state index in [-0.39, 0.29) is 6.61 Å². The third-order valence-electron chi connectivity index (χ3n) is 3.02. The predicted molar refractivity (Wildman–Crippen MR) is 69.0 cm³/mol. The van der Waals surface area contributed by atoms with Gasteiger partial charge in [-0.05, 0) is 17.7 Å². The van der Waals surface area contributed by atoms with Gasteiger partial charge in [0.05, 0.1) is 5.52 Å². The van der Waals surface area contributed by atoms with Gasteiger partial charge in [0.2, 0.25) is 0 Å². The minimum absolute atomic E-state index is 0.0456. The molecule has 0 spiro atoms. The van der Waals surface area contributed by atoms with E-state index >= 15 is 0 Å². The molecule has 0 atom stereocenters. The quantitative estimate of drug-likeness (QED) is 0.760. The molecule has 2 aromatic heterocycles. The van der Waals surface area contributed by atoms with Crippen LogP contribution in [-0.4, -0.2) is 19.6 Å².